The van der Waals surface area contributed by atoms with Gasteiger partial charge in [0.25, 0.3) is 23.2 Å². The summed E-state index contributed by atoms with van der Waals surface area (Å²) in [5.41, 5.74) is 6.77. The zero-order valence-corrected chi connectivity index (χ0v) is 21.4. The molecule has 13 heteroatoms. The summed E-state index contributed by atoms with van der Waals surface area (Å²) in [7, 11) is 0. The lowest BCUT2D eigenvalue weighted by Gasteiger charge is -2.07. The van der Waals surface area contributed by atoms with Crippen LogP contribution in [0.3, 0.4) is 0 Å². The van der Waals surface area contributed by atoms with Gasteiger partial charge in [-0.3, -0.25) is 29.8 Å². The van der Waals surface area contributed by atoms with E-state index in [0.717, 1.165) is 21.8 Å². The number of rotatable bonds is 9. The Kier molecular flexibility index (Phi) is 7.15. The molecule has 41 heavy (non-hydrogen) atoms. The molecule has 13 nitrogen and oxygen atoms in total. The zero-order chi connectivity index (χ0) is 29.1. The molecule has 1 aromatic heterocycles. The average Bonchev–Trinajstić information content (AvgIpc) is 3.31. The van der Waals surface area contributed by atoms with Gasteiger partial charge in [-0.25, -0.2) is 0 Å². The van der Waals surface area contributed by atoms with E-state index in [9.17, 15) is 29.8 Å². The van der Waals surface area contributed by atoms with Gasteiger partial charge in [0.2, 0.25) is 0 Å². The van der Waals surface area contributed by atoms with Gasteiger partial charge in [0, 0.05) is 63.7 Å². The maximum Gasteiger partial charge on any atom is 0.283 e. The van der Waals surface area contributed by atoms with E-state index in [2.05, 4.69) is 15.5 Å². The lowest BCUT2D eigenvalue weighted by atomic mass is 10.1. The molecule has 0 spiro atoms. The average molecular weight is 556 g/mol. The molecule has 0 saturated carbocycles. The summed E-state index contributed by atoms with van der Waals surface area (Å²) in [6.45, 7) is 2.62. The van der Waals surface area contributed by atoms with Crippen molar-refractivity contribution in [3.8, 4) is 11.5 Å². The quantitative estimate of drug-likeness (QED) is 0.187. The molecule has 0 atom stereocenters. The van der Waals surface area contributed by atoms with Gasteiger partial charge in [-0.1, -0.05) is 0 Å². The van der Waals surface area contributed by atoms with E-state index in [1.165, 1.54) is 48.5 Å². The molecule has 0 bridgehead atoms. The number of benzene rings is 4. The Morgan fingerprint density at radius 3 is 1.41 bits per heavy atom. The van der Waals surface area contributed by atoms with Gasteiger partial charge in [-0.15, -0.1) is 0 Å². The van der Waals surface area contributed by atoms with Gasteiger partial charge >= 0.3 is 0 Å². The summed E-state index contributed by atoms with van der Waals surface area (Å²) in [5.74, 6) is -0.625. The Bertz CT molecular complexity index is 1680. The summed E-state index contributed by atoms with van der Waals surface area (Å²) in [5, 5.41) is 23.1. The fraction of sp³-hybridized carbons (Fsp3) is 0.0714. The minimum Gasteiger partial charge on any atom is -0.379 e. The maximum atomic E-state index is 12.8. The number of carbonyl (C=O) groups is 2. The summed E-state index contributed by atoms with van der Waals surface area (Å²) >= 11 is 0. The van der Waals surface area contributed by atoms with Crippen LogP contribution in [0.5, 0.6) is 11.5 Å². The molecule has 4 aromatic carbocycles. The lowest BCUT2D eigenvalue weighted by Crippen LogP contribution is -2.27. The number of carbonyl (C=O) groups excluding carboxylic acids is 2. The number of non-ortho nitro benzene ring substituents is 2. The Labute approximate surface area is 231 Å². The normalized spacial score (nSPS) is 10.8. The predicted octanol–water partition coefficient (Wildman–Crippen LogP) is 5.08. The first-order valence-corrected chi connectivity index (χ1v) is 12.2. The number of aryl methyl sites for hydroxylation is 1. The third kappa shape index (κ3) is 5.45. The molecule has 5 aromatic rings. The van der Waals surface area contributed by atoms with Crippen molar-refractivity contribution in [3.63, 3.8) is 0 Å². The topological polar surface area (TPSA) is 168 Å². The number of nitro benzene ring substituents is 2. The highest BCUT2D eigenvalue weighted by Crippen LogP contribution is 2.31. The van der Waals surface area contributed by atoms with Crippen LogP contribution in [0.1, 0.15) is 27.6 Å². The Morgan fingerprint density at radius 1 is 0.683 bits per heavy atom. The van der Waals surface area contributed by atoms with Crippen LogP contribution in [0, 0.1) is 20.2 Å². The molecule has 0 fully saturated rings. The van der Waals surface area contributed by atoms with E-state index in [0.29, 0.717) is 17.7 Å². The molecule has 206 valence electrons. The molecule has 0 radical (unpaired) electrons. The van der Waals surface area contributed by atoms with E-state index in [4.69, 9.17) is 9.68 Å². The van der Waals surface area contributed by atoms with Crippen LogP contribution in [-0.4, -0.2) is 26.2 Å². The van der Waals surface area contributed by atoms with Crippen LogP contribution >= 0.6 is 0 Å². The molecular weight excluding hydrogens is 534 g/mol. The standard InChI is InChI=1S/C28H21N5O8/c1-2-31-25-13-3-17(27(34)29-40-21-9-5-19(6-10-21)32(36)37)15-23(25)24-16-18(4-14-26(24)31)28(35)30-41-22-11-7-20(8-12-22)33(38)39/h3-16H,2H2,1H3,(H,29,34)(H,30,35). The Morgan fingerprint density at radius 2 is 1.07 bits per heavy atom. The summed E-state index contributed by atoms with van der Waals surface area (Å²) in [4.78, 5) is 56.8. The maximum absolute atomic E-state index is 12.8. The second-order valence-corrected chi connectivity index (χ2v) is 8.78. The second kappa shape index (κ2) is 11.0. The fourth-order valence-electron chi connectivity index (χ4n) is 4.33. The highest BCUT2D eigenvalue weighted by Gasteiger charge is 2.16. The van der Waals surface area contributed by atoms with Crippen LogP contribution in [0.4, 0.5) is 11.4 Å². The Balaban J connectivity index is 1.36. The highest BCUT2D eigenvalue weighted by molar-refractivity contribution is 6.12. The molecule has 0 unspecified atom stereocenters. The van der Waals surface area contributed by atoms with Gasteiger partial charge in [-0.05, 0) is 67.6 Å². The van der Waals surface area contributed by atoms with Gasteiger partial charge in [-0.2, -0.15) is 11.0 Å². The van der Waals surface area contributed by atoms with E-state index in [1.54, 1.807) is 36.4 Å². The van der Waals surface area contributed by atoms with Crippen molar-refractivity contribution < 1.29 is 29.1 Å². The third-order valence-electron chi connectivity index (χ3n) is 6.32. The van der Waals surface area contributed by atoms with Gasteiger partial charge in [0.15, 0.2) is 11.5 Å². The monoisotopic (exact) mass is 555 g/mol. The molecule has 0 aliphatic carbocycles. The molecular formula is C28H21N5O8. The molecule has 0 aliphatic heterocycles. The number of nitrogens with one attached hydrogen (secondary N) is 2. The van der Waals surface area contributed by atoms with E-state index < -0.39 is 21.7 Å². The Hall–Kier alpha value is -5.98. The predicted molar refractivity (Wildman–Crippen MR) is 147 cm³/mol. The van der Waals surface area contributed by atoms with Crippen molar-refractivity contribution in [2.45, 2.75) is 13.5 Å². The van der Waals surface area contributed by atoms with Crippen molar-refractivity contribution in [1.82, 2.24) is 15.5 Å². The first kappa shape index (κ1) is 26.6. The second-order valence-electron chi connectivity index (χ2n) is 8.78. The first-order chi connectivity index (χ1) is 19.7. The van der Waals surface area contributed by atoms with Gasteiger partial charge in [0.05, 0.1) is 9.85 Å². The van der Waals surface area contributed by atoms with Crippen molar-refractivity contribution in [1.29, 1.82) is 0 Å². The minimum absolute atomic E-state index is 0.104. The van der Waals surface area contributed by atoms with Gasteiger partial charge in [0.1, 0.15) is 0 Å². The van der Waals surface area contributed by atoms with E-state index >= 15 is 0 Å². The first-order valence-electron chi connectivity index (χ1n) is 12.2. The summed E-state index contributed by atoms with van der Waals surface area (Å²) in [6.07, 6.45) is 0. The molecule has 0 aliphatic rings. The zero-order valence-electron chi connectivity index (χ0n) is 21.4. The molecule has 2 amide bonds. The number of aromatic nitrogens is 1. The van der Waals surface area contributed by atoms with Crippen LogP contribution in [-0.2, 0) is 6.54 Å². The van der Waals surface area contributed by atoms with Crippen LogP contribution in [0.15, 0.2) is 84.9 Å². The van der Waals surface area contributed by atoms with E-state index in [-0.39, 0.29) is 22.9 Å². The number of nitrogens with zero attached hydrogens (tertiary/aromatic N) is 3. The number of fused-ring (bicyclic) bond motifs is 3. The molecule has 0 saturated heterocycles. The highest BCUT2D eigenvalue weighted by atomic mass is 16.7. The molecule has 5 rings (SSSR count). The van der Waals surface area contributed by atoms with Crippen molar-refractivity contribution in [3.05, 3.63) is 116 Å². The van der Waals surface area contributed by atoms with Crippen molar-refractivity contribution >= 4 is 45.0 Å². The summed E-state index contributed by atoms with van der Waals surface area (Å²) in [6, 6.07) is 20.8. The van der Waals surface area contributed by atoms with Crippen LogP contribution < -0.4 is 20.6 Å². The van der Waals surface area contributed by atoms with Crippen LogP contribution in [0.2, 0.25) is 0 Å². The van der Waals surface area contributed by atoms with Crippen molar-refractivity contribution in [2.24, 2.45) is 0 Å². The number of amides is 2. The van der Waals surface area contributed by atoms with Crippen LogP contribution in [0.25, 0.3) is 21.8 Å². The molecule has 2 N–H and O–H groups in total. The summed E-state index contributed by atoms with van der Waals surface area (Å²) < 4.78 is 2.05. The van der Waals surface area contributed by atoms with E-state index in [1.807, 2.05) is 6.92 Å². The SMILES string of the molecule is CCn1c2ccc(C(=O)NOc3ccc([N+](=O)[O-])cc3)cc2c2cc(C(=O)NOc3ccc([N+](=O)[O-])cc3)ccc21. The minimum atomic E-state index is -0.536. The fourth-order valence-corrected chi connectivity index (χ4v) is 4.33. The van der Waals surface area contributed by atoms with Gasteiger partial charge < -0.3 is 14.2 Å². The number of hydrogen-bond donors (Lipinski definition) is 2. The lowest BCUT2D eigenvalue weighted by molar-refractivity contribution is -0.385. The molecule has 1 heterocycles. The number of hydrogen-bond acceptors (Lipinski definition) is 8. The number of hydroxylamine groups is 2. The smallest absolute Gasteiger partial charge is 0.283 e. The number of nitro groups is 2. The largest absolute Gasteiger partial charge is 0.379 e. The third-order valence-corrected chi connectivity index (χ3v) is 6.32. The van der Waals surface area contributed by atoms with Crippen molar-refractivity contribution in [2.75, 3.05) is 0 Å².